The Bertz CT molecular complexity index is 255. The first-order chi connectivity index (χ1) is 7.25. The minimum absolute atomic E-state index is 0.0216. The summed E-state index contributed by atoms with van der Waals surface area (Å²) in [4.78, 5) is 25.1. The predicted octanol–water partition coefficient (Wildman–Crippen LogP) is 0.544. The summed E-state index contributed by atoms with van der Waals surface area (Å²) in [7, 11) is 0. The lowest BCUT2D eigenvalue weighted by Gasteiger charge is -2.14. The standard InChI is InChI=1S/C11H17NO3/c13-7-2-1-6-12-10(14)8-4-3-5-9(8)11(12)15/h8-9,13H,1-7H2. The summed E-state index contributed by atoms with van der Waals surface area (Å²) < 4.78 is 0. The number of amides is 2. The van der Waals surface area contributed by atoms with Crippen LogP contribution < -0.4 is 0 Å². The summed E-state index contributed by atoms with van der Waals surface area (Å²) >= 11 is 0. The second-order valence-electron chi connectivity index (χ2n) is 4.40. The average Bonchev–Trinajstić information content (AvgIpc) is 2.77. The highest BCUT2D eigenvalue weighted by molar-refractivity contribution is 6.05. The van der Waals surface area contributed by atoms with Gasteiger partial charge in [0, 0.05) is 13.2 Å². The van der Waals surface area contributed by atoms with Gasteiger partial charge in [-0.1, -0.05) is 6.42 Å². The lowest BCUT2D eigenvalue weighted by Crippen LogP contribution is -2.32. The molecule has 2 atom stereocenters. The zero-order valence-electron chi connectivity index (χ0n) is 8.82. The first-order valence-corrected chi connectivity index (χ1v) is 5.72. The number of fused-ring (bicyclic) bond motifs is 1. The molecule has 2 unspecified atom stereocenters. The highest BCUT2D eigenvalue weighted by atomic mass is 16.3. The highest BCUT2D eigenvalue weighted by Crippen LogP contribution is 2.39. The van der Waals surface area contributed by atoms with E-state index in [1.807, 2.05) is 0 Å². The average molecular weight is 211 g/mol. The van der Waals surface area contributed by atoms with Crippen LogP contribution in [0.1, 0.15) is 32.1 Å². The van der Waals surface area contributed by atoms with Gasteiger partial charge in [0.25, 0.3) is 0 Å². The van der Waals surface area contributed by atoms with Crippen molar-refractivity contribution in [3.63, 3.8) is 0 Å². The number of hydrogen-bond donors (Lipinski definition) is 1. The highest BCUT2D eigenvalue weighted by Gasteiger charge is 2.49. The van der Waals surface area contributed by atoms with Gasteiger partial charge in [-0.2, -0.15) is 0 Å². The molecule has 1 aliphatic carbocycles. The Kier molecular flexibility index (Phi) is 3.05. The maximum absolute atomic E-state index is 11.8. The van der Waals surface area contributed by atoms with Crippen molar-refractivity contribution in [2.75, 3.05) is 13.2 Å². The fourth-order valence-corrected chi connectivity index (χ4v) is 2.66. The fraction of sp³-hybridized carbons (Fsp3) is 0.818. The molecule has 2 amide bonds. The molecule has 1 heterocycles. The van der Waals surface area contributed by atoms with Gasteiger partial charge < -0.3 is 5.11 Å². The minimum Gasteiger partial charge on any atom is -0.396 e. The number of imide groups is 1. The molecule has 84 valence electrons. The first-order valence-electron chi connectivity index (χ1n) is 5.72. The van der Waals surface area contributed by atoms with Crippen LogP contribution in [0.4, 0.5) is 0 Å². The number of hydrogen-bond acceptors (Lipinski definition) is 3. The first kappa shape index (κ1) is 10.6. The van der Waals surface area contributed by atoms with E-state index in [0.29, 0.717) is 19.4 Å². The van der Waals surface area contributed by atoms with Crippen LogP contribution in [-0.4, -0.2) is 35.0 Å². The van der Waals surface area contributed by atoms with E-state index < -0.39 is 0 Å². The molecule has 0 aromatic heterocycles. The van der Waals surface area contributed by atoms with Crippen molar-refractivity contribution in [1.29, 1.82) is 0 Å². The second kappa shape index (κ2) is 4.31. The third-order valence-electron chi connectivity index (χ3n) is 3.47. The van der Waals surface area contributed by atoms with Crippen LogP contribution in [0, 0.1) is 11.8 Å². The third-order valence-corrected chi connectivity index (χ3v) is 3.47. The molecule has 2 fully saturated rings. The molecule has 0 aromatic rings. The van der Waals surface area contributed by atoms with E-state index in [-0.39, 0.29) is 30.3 Å². The van der Waals surface area contributed by atoms with Gasteiger partial charge in [-0.3, -0.25) is 14.5 Å². The van der Waals surface area contributed by atoms with Gasteiger partial charge in [0.2, 0.25) is 11.8 Å². The molecule has 0 bridgehead atoms. The van der Waals surface area contributed by atoms with Gasteiger partial charge in [0.1, 0.15) is 0 Å². The normalized spacial score (nSPS) is 30.1. The van der Waals surface area contributed by atoms with Crippen molar-refractivity contribution in [2.24, 2.45) is 11.8 Å². The summed E-state index contributed by atoms with van der Waals surface area (Å²) in [6.45, 7) is 0.619. The molecular weight excluding hydrogens is 194 g/mol. The Hall–Kier alpha value is -0.900. The number of aliphatic hydroxyl groups is 1. The topological polar surface area (TPSA) is 57.6 Å². The molecule has 0 aromatic carbocycles. The van der Waals surface area contributed by atoms with Crippen LogP contribution in [0.15, 0.2) is 0 Å². The molecule has 0 spiro atoms. The van der Waals surface area contributed by atoms with Crippen LogP contribution in [-0.2, 0) is 9.59 Å². The lowest BCUT2D eigenvalue weighted by atomic mass is 10.00. The van der Waals surface area contributed by atoms with Gasteiger partial charge in [-0.05, 0) is 25.7 Å². The van der Waals surface area contributed by atoms with E-state index in [9.17, 15) is 9.59 Å². The second-order valence-corrected chi connectivity index (χ2v) is 4.40. The monoisotopic (exact) mass is 211 g/mol. The Morgan fingerprint density at radius 2 is 1.73 bits per heavy atom. The van der Waals surface area contributed by atoms with E-state index >= 15 is 0 Å². The van der Waals surface area contributed by atoms with Crippen LogP contribution in [0.25, 0.3) is 0 Å². The molecular formula is C11H17NO3. The SMILES string of the molecule is O=C1C2CCCC2C(=O)N1CCCCO. The summed E-state index contributed by atoms with van der Waals surface area (Å²) in [6.07, 6.45) is 4.15. The number of rotatable bonds is 4. The quantitative estimate of drug-likeness (QED) is 0.545. The Morgan fingerprint density at radius 1 is 1.13 bits per heavy atom. The molecule has 2 rings (SSSR count). The van der Waals surface area contributed by atoms with Crippen LogP contribution >= 0.6 is 0 Å². The van der Waals surface area contributed by atoms with Gasteiger partial charge in [-0.25, -0.2) is 0 Å². The number of carbonyl (C=O) groups is 2. The summed E-state index contributed by atoms with van der Waals surface area (Å²) in [6, 6.07) is 0. The zero-order chi connectivity index (χ0) is 10.8. The van der Waals surface area contributed by atoms with Crippen LogP contribution in [0.2, 0.25) is 0 Å². The fourth-order valence-electron chi connectivity index (χ4n) is 2.66. The maximum Gasteiger partial charge on any atom is 0.233 e. The van der Waals surface area contributed by atoms with E-state index in [4.69, 9.17) is 5.11 Å². The molecule has 2 aliphatic rings. The number of unbranched alkanes of at least 4 members (excludes halogenated alkanes) is 1. The van der Waals surface area contributed by atoms with Crippen molar-refractivity contribution in [3.05, 3.63) is 0 Å². The Balaban J connectivity index is 1.95. The molecule has 15 heavy (non-hydrogen) atoms. The molecule has 1 aliphatic heterocycles. The molecule has 0 radical (unpaired) electrons. The van der Waals surface area contributed by atoms with Gasteiger partial charge in [0.15, 0.2) is 0 Å². The number of nitrogens with zero attached hydrogens (tertiary/aromatic N) is 1. The number of carbonyl (C=O) groups excluding carboxylic acids is 2. The van der Waals surface area contributed by atoms with Crippen molar-refractivity contribution in [1.82, 2.24) is 4.90 Å². The molecule has 4 heteroatoms. The van der Waals surface area contributed by atoms with Gasteiger partial charge in [-0.15, -0.1) is 0 Å². The third kappa shape index (κ3) is 1.78. The molecule has 1 N–H and O–H groups in total. The van der Waals surface area contributed by atoms with Crippen molar-refractivity contribution in [2.45, 2.75) is 32.1 Å². The summed E-state index contributed by atoms with van der Waals surface area (Å²) in [5.74, 6) is 0.0131. The lowest BCUT2D eigenvalue weighted by molar-refractivity contribution is -0.140. The van der Waals surface area contributed by atoms with E-state index in [0.717, 1.165) is 19.3 Å². The molecule has 4 nitrogen and oxygen atoms in total. The van der Waals surface area contributed by atoms with Crippen LogP contribution in [0.3, 0.4) is 0 Å². The van der Waals surface area contributed by atoms with E-state index in [1.54, 1.807) is 0 Å². The maximum atomic E-state index is 11.8. The summed E-state index contributed by atoms with van der Waals surface area (Å²) in [5, 5.41) is 8.64. The van der Waals surface area contributed by atoms with E-state index in [2.05, 4.69) is 0 Å². The Morgan fingerprint density at radius 3 is 2.27 bits per heavy atom. The summed E-state index contributed by atoms with van der Waals surface area (Å²) in [5.41, 5.74) is 0. The number of aliphatic hydroxyl groups excluding tert-OH is 1. The van der Waals surface area contributed by atoms with Crippen molar-refractivity contribution >= 4 is 11.8 Å². The van der Waals surface area contributed by atoms with Crippen LogP contribution in [0.5, 0.6) is 0 Å². The van der Waals surface area contributed by atoms with E-state index in [1.165, 1.54) is 4.90 Å². The smallest absolute Gasteiger partial charge is 0.233 e. The van der Waals surface area contributed by atoms with Gasteiger partial charge >= 0.3 is 0 Å². The van der Waals surface area contributed by atoms with Crippen molar-refractivity contribution in [3.8, 4) is 0 Å². The largest absolute Gasteiger partial charge is 0.396 e. The minimum atomic E-state index is -0.0216. The van der Waals surface area contributed by atoms with Crippen molar-refractivity contribution < 1.29 is 14.7 Å². The Labute approximate surface area is 89.3 Å². The van der Waals surface area contributed by atoms with Gasteiger partial charge in [0.05, 0.1) is 11.8 Å². The number of likely N-dealkylation sites (tertiary alicyclic amines) is 1. The zero-order valence-corrected chi connectivity index (χ0v) is 8.82. The molecule has 1 saturated carbocycles. The predicted molar refractivity (Wildman–Crippen MR) is 53.9 cm³/mol. The molecule has 1 saturated heterocycles.